The zero-order chi connectivity index (χ0) is 18.3. The predicted octanol–water partition coefficient (Wildman–Crippen LogP) is 4.81. The number of aromatic nitrogens is 4. The minimum absolute atomic E-state index is 0.220. The van der Waals surface area contributed by atoms with Crippen LogP contribution in [0, 0.1) is 6.92 Å². The number of hydrogen-bond donors (Lipinski definition) is 0. The Labute approximate surface area is 147 Å². The molecular formula is C19H13F3N4. The summed E-state index contributed by atoms with van der Waals surface area (Å²) in [6, 6.07) is 11.8. The largest absolute Gasteiger partial charge is 0.433 e. The topological polar surface area (TPSA) is 43.6 Å². The zero-order valence-corrected chi connectivity index (χ0v) is 13.7. The summed E-state index contributed by atoms with van der Waals surface area (Å²) in [6.07, 6.45) is 0.446. The third-order valence-corrected chi connectivity index (χ3v) is 4.04. The fourth-order valence-electron chi connectivity index (χ4n) is 2.79. The highest BCUT2D eigenvalue weighted by atomic mass is 19.4. The van der Waals surface area contributed by atoms with Gasteiger partial charge in [-0.3, -0.25) is 0 Å². The highest BCUT2D eigenvalue weighted by molar-refractivity contribution is 5.85. The van der Waals surface area contributed by atoms with Crippen LogP contribution in [0.15, 0.2) is 61.1 Å². The Morgan fingerprint density at radius 3 is 2.62 bits per heavy atom. The van der Waals surface area contributed by atoms with Crippen molar-refractivity contribution in [3.8, 4) is 16.9 Å². The second-order valence-electron chi connectivity index (χ2n) is 5.94. The molecule has 0 saturated carbocycles. The summed E-state index contributed by atoms with van der Waals surface area (Å²) in [5.41, 5.74) is 2.32. The Hall–Kier alpha value is -3.22. The van der Waals surface area contributed by atoms with E-state index in [0.29, 0.717) is 11.2 Å². The number of alkyl halides is 3. The molecule has 0 amide bonds. The molecule has 0 spiro atoms. The van der Waals surface area contributed by atoms with Gasteiger partial charge in [-0.05, 0) is 30.7 Å². The van der Waals surface area contributed by atoms with Crippen LogP contribution in [0.25, 0.3) is 27.8 Å². The molecule has 0 fully saturated rings. The van der Waals surface area contributed by atoms with Crippen molar-refractivity contribution in [3.63, 3.8) is 0 Å². The van der Waals surface area contributed by atoms with Crippen molar-refractivity contribution in [1.82, 2.24) is 19.7 Å². The summed E-state index contributed by atoms with van der Waals surface area (Å²) >= 11 is 0. The van der Waals surface area contributed by atoms with E-state index in [4.69, 9.17) is 0 Å². The highest BCUT2D eigenvalue weighted by Crippen LogP contribution is 2.30. The first-order chi connectivity index (χ1) is 12.4. The second-order valence-corrected chi connectivity index (χ2v) is 5.94. The average Bonchev–Trinajstić information content (AvgIpc) is 3.10. The van der Waals surface area contributed by atoms with Gasteiger partial charge in [0.15, 0.2) is 5.82 Å². The molecule has 3 heterocycles. The molecule has 0 saturated heterocycles. The van der Waals surface area contributed by atoms with Crippen LogP contribution in [0.1, 0.15) is 11.3 Å². The molecule has 0 bridgehead atoms. The summed E-state index contributed by atoms with van der Waals surface area (Å²) in [4.78, 5) is 7.98. The molecule has 7 heteroatoms. The summed E-state index contributed by atoms with van der Waals surface area (Å²) in [7, 11) is 0. The summed E-state index contributed by atoms with van der Waals surface area (Å²) in [6.45, 7) is 2.00. The molecule has 0 aliphatic carbocycles. The van der Waals surface area contributed by atoms with Crippen LogP contribution < -0.4 is 0 Å². The van der Waals surface area contributed by atoms with Crippen molar-refractivity contribution in [2.24, 2.45) is 0 Å². The summed E-state index contributed by atoms with van der Waals surface area (Å²) in [5, 5.41) is 4.82. The van der Waals surface area contributed by atoms with E-state index < -0.39 is 11.9 Å². The fourth-order valence-corrected chi connectivity index (χ4v) is 2.79. The third-order valence-electron chi connectivity index (χ3n) is 4.04. The maximum atomic E-state index is 12.9. The van der Waals surface area contributed by atoms with Gasteiger partial charge < -0.3 is 0 Å². The number of hydrogen-bond acceptors (Lipinski definition) is 3. The number of benzene rings is 1. The van der Waals surface area contributed by atoms with Crippen molar-refractivity contribution >= 4 is 10.9 Å². The minimum atomic E-state index is -4.48. The van der Waals surface area contributed by atoms with Crippen LogP contribution in [0.2, 0.25) is 0 Å². The van der Waals surface area contributed by atoms with E-state index in [9.17, 15) is 13.2 Å². The van der Waals surface area contributed by atoms with Crippen LogP contribution in [0.4, 0.5) is 13.2 Å². The lowest BCUT2D eigenvalue weighted by atomic mass is 10.1. The van der Waals surface area contributed by atoms with Gasteiger partial charge >= 0.3 is 6.18 Å². The maximum absolute atomic E-state index is 12.9. The maximum Gasteiger partial charge on any atom is 0.433 e. The number of rotatable bonds is 2. The van der Waals surface area contributed by atoms with Gasteiger partial charge in [-0.2, -0.15) is 18.3 Å². The van der Waals surface area contributed by atoms with E-state index in [1.54, 1.807) is 17.1 Å². The Balaban J connectivity index is 1.80. The summed E-state index contributed by atoms with van der Waals surface area (Å²) < 4.78 is 40.2. The van der Waals surface area contributed by atoms with Gasteiger partial charge in [0.25, 0.3) is 0 Å². The normalized spacial score (nSPS) is 11.8. The first kappa shape index (κ1) is 16.3. The third kappa shape index (κ3) is 2.92. The van der Waals surface area contributed by atoms with Gasteiger partial charge in [0, 0.05) is 23.3 Å². The quantitative estimate of drug-likeness (QED) is 0.519. The van der Waals surface area contributed by atoms with E-state index >= 15 is 0 Å². The number of pyridine rings is 2. The predicted molar refractivity (Wildman–Crippen MR) is 91.8 cm³/mol. The number of fused-ring (bicyclic) bond motifs is 1. The van der Waals surface area contributed by atoms with Crippen LogP contribution in [0.5, 0.6) is 0 Å². The van der Waals surface area contributed by atoms with Gasteiger partial charge in [0.1, 0.15) is 5.69 Å². The highest BCUT2D eigenvalue weighted by Gasteiger charge is 2.32. The lowest BCUT2D eigenvalue weighted by Gasteiger charge is -2.09. The molecule has 4 nitrogen and oxygen atoms in total. The first-order valence-corrected chi connectivity index (χ1v) is 7.87. The van der Waals surface area contributed by atoms with Crippen LogP contribution in [-0.2, 0) is 6.18 Å². The second kappa shape index (κ2) is 5.94. The van der Waals surface area contributed by atoms with E-state index in [0.717, 1.165) is 22.8 Å². The van der Waals surface area contributed by atoms with Crippen LogP contribution in [-0.4, -0.2) is 19.7 Å². The monoisotopic (exact) mass is 354 g/mol. The van der Waals surface area contributed by atoms with Gasteiger partial charge in [0.05, 0.1) is 11.7 Å². The molecule has 4 rings (SSSR count). The molecule has 0 unspecified atom stereocenters. The first-order valence-electron chi connectivity index (χ1n) is 7.87. The van der Waals surface area contributed by atoms with Gasteiger partial charge in [-0.15, -0.1) is 0 Å². The standard InChI is InChI=1S/C19H13F3N4/c1-12-3-2-4-13(9-12)14-10-24-26(11-14)18-15-5-6-17(19(20,21)22)25-16(15)7-8-23-18/h2-11H,1H3. The number of halogens is 3. The van der Waals surface area contributed by atoms with E-state index in [1.807, 2.05) is 31.2 Å². The molecular weight excluding hydrogens is 341 g/mol. The SMILES string of the molecule is Cc1cccc(-c2cnn(-c3nccc4nc(C(F)(F)F)ccc34)c2)c1. The molecule has 0 radical (unpaired) electrons. The van der Waals surface area contributed by atoms with E-state index in [1.165, 1.54) is 18.3 Å². The van der Waals surface area contributed by atoms with Crippen molar-refractivity contribution < 1.29 is 13.2 Å². The minimum Gasteiger partial charge on any atom is -0.243 e. The molecule has 26 heavy (non-hydrogen) atoms. The zero-order valence-electron chi connectivity index (χ0n) is 13.7. The molecule has 130 valence electrons. The van der Waals surface area contributed by atoms with Crippen molar-refractivity contribution in [1.29, 1.82) is 0 Å². The number of nitrogens with zero attached hydrogens (tertiary/aromatic N) is 4. The Bertz CT molecular complexity index is 1100. The smallest absolute Gasteiger partial charge is 0.243 e. The average molecular weight is 354 g/mol. The Morgan fingerprint density at radius 1 is 1.00 bits per heavy atom. The number of aryl methyl sites for hydroxylation is 1. The Kier molecular flexibility index (Phi) is 3.72. The van der Waals surface area contributed by atoms with E-state index in [-0.39, 0.29) is 5.52 Å². The summed E-state index contributed by atoms with van der Waals surface area (Å²) in [5.74, 6) is 0.433. The lowest BCUT2D eigenvalue weighted by molar-refractivity contribution is -0.140. The fraction of sp³-hybridized carbons (Fsp3) is 0.105. The van der Waals surface area contributed by atoms with Crippen LogP contribution in [0.3, 0.4) is 0 Å². The van der Waals surface area contributed by atoms with Crippen molar-refractivity contribution in [2.45, 2.75) is 13.1 Å². The molecule has 0 N–H and O–H groups in total. The van der Waals surface area contributed by atoms with Gasteiger partial charge in [-0.25, -0.2) is 14.6 Å². The lowest BCUT2D eigenvalue weighted by Crippen LogP contribution is -2.08. The van der Waals surface area contributed by atoms with Gasteiger partial charge in [0.2, 0.25) is 0 Å². The molecule has 4 aromatic rings. The van der Waals surface area contributed by atoms with Crippen molar-refractivity contribution in [2.75, 3.05) is 0 Å². The van der Waals surface area contributed by atoms with Crippen LogP contribution >= 0.6 is 0 Å². The molecule has 1 aromatic carbocycles. The molecule has 3 aromatic heterocycles. The molecule has 0 atom stereocenters. The van der Waals surface area contributed by atoms with E-state index in [2.05, 4.69) is 15.1 Å². The molecule has 0 aliphatic heterocycles. The van der Waals surface area contributed by atoms with Crippen molar-refractivity contribution in [3.05, 3.63) is 72.3 Å². The Morgan fingerprint density at radius 2 is 1.85 bits per heavy atom. The van der Waals surface area contributed by atoms with Gasteiger partial charge in [-0.1, -0.05) is 29.8 Å². The molecule has 0 aliphatic rings.